The minimum Gasteiger partial charge on any atom is -0.324 e. The van der Waals surface area contributed by atoms with E-state index in [9.17, 15) is 0 Å². The number of rotatable bonds is 3. The van der Waals surface area contributed by atoms with Crippen molar-refractivity contribution in [3.63, 3.8) is 0 Å². The molecule has 88 valence electrons. The molecule has 0 bridgehead atoms. The monoisotopic (exact) mass is 237 g/mol. The van der Waals surface area contributed by atoms with Crippen LogP contribution in [0.4, 0.5) is 0 Å². The molecule has 1 aliphatic carbocycles. The van der Waals surface area contributed by atoms with Crippen LogP contribution in [0.5, 0.6) is 0 Å². The predicted octanol–water partition coefficient (Wildman–Crippen LogP) is 4.00. The highest BCUT2D eigenvalue weighted by atomic mass is 35.5. The lowest BCUT2D eigenvalue weighted by Crippen LogP contribution is -2.21. The van der Waals surface area contributed by atoms with Crippen LogP contribution in [0.25, 0.3) is 0 Å². The first-order chi connectivity index (χ1) is 7.50. The number of hydrogen-bond acceptors (Lipinski definition) is 1. The Balaban J connectivity index is 2.28. The van der Waals surface area contributed by atoms with Crippen molar-refractivity contribution in [2.75, 3.05) is 0 Å². The molecular formula is C14H20ClN. The van der Waals surface area contributed by atoms with Gasteiger partial charge in [0.15, 0.2) is 0 Å². The molecule has 1 aliphatic rings. The molecule has 1 saturated carbocycles. The molecule has 1 aromatic carbocycles. The third kappa shape index (κ3) is 2.26. The molecule has 2 N–H and O–H groups in total. The molecule has 0 radical (unpaired) electrons. The molecule has 1 fully saturated rings. The fourth-order valence-electron chi connectivity index (χ4n) is 2.36. The predicted molar refractivity (Wildman–Crippen MR) is 69.7 cm³/mol. The summed E-state index contributed by atoms with van der Waals surface area (Å²) in [4.78, 5) is 0. The van der Waals surface area contributed by atoms with Gasteiger partial charge in [0.1, 0.15) is 0 Å². The van der Waals surface area contributed by atoms with E-state index in [2.05, 4.69) is 19.9 Å². The van der Waals surface area contributed by atoms with Crippen molar-refractivity contribution in [3.05, 3.63) is 33.8 Å². The van der Waals surface area contributed by atoms with Gasteiger partial charge in [-0.2, -0.15) is 0 Å². The number of benzene rings is 1. The fourth-order valence-corrected chi connectivity index (χ4v) is 2.58. The van der Waals surface area contributed by atoms with E-state index >= 15 is 0 Å². The molecule has 0 saturated heterocycles. The highest BCUT2D eigenvalue weighted by Gasteiger charge is 2.32. The molecule has 2 atom stereocenters. The third-order valence-corrected chi connectivity index (χ3v) is 4.25. The number of halogens is 1. The Morgan fingerprint density at radius 3 is 2.44 bits per heavy atom. The van der Waals surface area contributed by atoms with Gasteiger partial charge < -0.3 is 5.73 Å². The molecule has 1 aromatic rings. The third-order valence-electron chi connectivity index (χ3n) is 3.84. The van der Waals surface area contributed by atoms with Gasteiger partial charge in [-0.15, -0.1) is 0 Å². The molecule has 2 heteroatoms. The Labute approximate surface area is 103 Å². The van der Waals surface area contributed by atoms with Gasteiger partial charge in [0.05, 0.1) is 0 Å². The second-order valence-corrected chi connectivity index (χ2v) is 5.59. The zero-order chi connectivity index (χ0) is 11.9. The minimum atomic E-state index is 0.156. The standard InChI is InChI=1S/C14H20ClN/c1-8-7-13(15)9(2)6-12(8)14(16)10(3)11-4-5-11/h6-7,10-11,14H,4-5,16H2,1-3H3. The SMILES string of the molecule is Cc1cc(C(N)C(C)C2CC2)c(C)cc1Cl. The van der Waals surface area contributed by atoms with Crippen LogP contribution in [0.15, 0.2) is 12.1 Å². The molecule has 2 rings (SSSR count). The highest BCUT2D eigenvalue weighted by molar-refractivity contribution is 6.31. The Morgan fingerprint density at radius 2 is 1.88 bits per heavy atom. The van der Waals surface area contributed by atoms with Crippen LogP contribution in [-0.2, 0) is 0 Å². The number of hydrogen-bond donors (Lipinski definition) is 1. The summed E-state index contributed by atoms with van der Waals surface area (Å²) in [7, 11) is 0. The first kappa shape index (κ1) is 11.9. The lowest BCUT2D eigenvalue weighted by atomic mass is 9.88. The molecule has 16 heavy (non-hydrogen) atoms. The van der Waals surface area contributed by atoms with Crippen molar-refractivity contribution in [1.82, 2.24) is 0 Å². The summed E-state index contributed by atoms with van der Waals surface area (Å²) in [6.45, 7) is 6.41. The van der Waals surface area contributed by atoms with E-state index in [1.54, 1.807) is 0 Å². The fraction of sp³-hybridized carbons (Fsp3) is 0.571. The first-order valence-electron chi connectivity index (χ1n) is 6.03. The number of aryl methyl sites for hydroxylation is 2. The topological polar surface area (TPSA) is 26.0 Å². The Bertz CT molecular complexity index is 396. The van der Waals surface area contributed by atoms with Crippen molar-refractivity contribution < 1.29 is 0 Å². The molecular weight excluding hydrogens is 218 g/mol. The molecule has 0 spiro atoms. The van der Waals surface area contributed by atoms with Gasteiger partial charge in [-0.1, -0.05) is 24.6 Å². The zero-order valence-corrected chi connectivity index (χ0v) is 11.0. The zero-order valence-electron chi connectivity index (χ0n) is 10.3. The van der Waals surface area contributed by atoms with Crippen LogP contribution in [0.3, 0.4) is 0 Å². The smallest absolute Gasteiger partial charge is 0.0438 e. The summed E-state index contributed by atoms with van der Waals surface area (Å²) >= 11 is 6.10. The first-order valence-corrected chi connectivity index (χ1v) is 6.40. The van der Waals surface area contributed by atoms with Crippen LogP contribution in [0.2, 0.25) is 5.02 Å². The van der Waals surface area contributed by atoms with Gasteiger partial charge in [0, 0.05) is 11.1 Å². The highest BCUT2D eigenvalue weighted by Crippen LogP contribution is 2.42. The lowest BCUT2D eigenvalue weighted by Gasteiger charge is -2.22. The summed E-state index contributed by atoms with van der Waals surface area (Å²) in [5.41, 5.74) is 9.97. The normalized spacial score (nSPS) is 19.6. The summed E-state index contributed by atoms with van der Waals surface area (Å²) in [5.74, 6) is 1.42. The average molecular weight is 238 g/mol. The van der Waals surface area contributed by atoms with Crippen LogP contribution in [0.1, 0.15) is 42.5 Å². The van der Waals surface area contributed by atoms with E-state index < -0.39 is 0 Å². The Kier molecular flexibility index (Phi) is 3.27. The van der Waals surface area contributed by atoms with Crippen LogP contribution < -0.4 is 5.73 Å². The second-order valence-electron chi connectivity index (χ2n) is 5.18. The molecule has 0 aliphatic heterocycles. The lowest BCUT2D eigenvalue weighted by molar-refractivity contribution is 0.416. The van der Waals surface area contributed by atoms with Gasteiger partial charge in [-0.25, -0.2) is 0 Å². The van der Waals surface area contributed by atoms with Crippen molar-refractivity contribution >= 4 is 11.6 Å². The second kappa shape index (κ2) is 4.38. The van der Waals surface area contributed by atoms with Gasteiger partial charge in [-0.3, -0.25) is 0 Å². The minimum absolute atomic E-state index is 0.156. The average Bonchev–Trinajstić information content (AvgIpc) is 3.05. The largest absolute Gasteiger partial charge is 0.324 e. The van der Waals surface area contributed by atoms with Crippen LogP contribution in [0, 0.1) is 25.7 Å². The van der Waals surface area contributed by atoms with E-state index in [1.165, 1.54) is 24.0 Å². The summed E-state index contributed by atoms with van der Waals surface area (Å²) in [6.07, 6.45) is 2.70. The molecule has 2 unspecified atom stereocenters. The summed E-state index contributed by atoms with van der Waals surface area (Å²) < 4.78 is 0. The van der Waals surface area contributed by atoms with E-state index in [-0.39, 0.29) is 6.04 Å². The van der Waals surface area contributed by atoms with Crippen molar-refractivity contribution in [2.45, 2.75) is 39.7 Å². The Morgan fingerprint density at radius 1 is 1.25 bits per heavy atom. The van der Waals surface area contributed by atoms with Crippen molar-refractivity contribution in [3.8, 4) is 0 Å². The van der Waals surface area contributed by atoms with Gasteiger partial charge in [0.2, 0.25) is 0 Å². The quantitative estimate of drug-likeness (QED) is 0.845. The molecule has 1 nitrogen and oxygen atoms in total. The Hall–Kier alpha value is -0.530. The van der Waals surface area contributed by atoms with E-state index in [1.807, 2.05) is 13.0 Å². The van der Waals surface area contributed by atoms with Crippen molar-refractivity contribution in [2.24, 2.45) is 17.6 Å². The maximum absolute atomic E-state index is 6.36. The van der Waals surface area contributed by atoms with Gasteiger partial charge in [0.25, 0.3) is 0 Å². The van der Waals surface area contributed by atoms with Crippen LogP contribution in [-0.4, -0.2) is 0 Å². The molecule has 0 aromatic heterocycles. The van der Waals surface area contributed by atoms with E-state index in [0.717, 1.165) is 16.5 Å². The summed E-state index contributed by atoms with van der Waals surface area (Å²) in [5, 5.41) is 0.840. The van der Waals surface area contributed by atoms with Gasteiger partial charge >= 0.3 is 0 Å². The number of nitrogens with two attached hydrogens (primary N) is 1. The van der Waals surface area contributed by atoms with Crippen molar-refractivity contribution in [1.29, 1.82) is 0 Å². The van der Waals surface area contributed by atoms with E-state index in [4.69, 9.17) is 17.3 Å². The van der Waals surface area contributed by atoms with Crippen LogP contribution >= 0.6 is 11.6 Å². The maximum Gasteiger partial charge on any atom is 0.0438 e. The van der Waals surface area contributed by atoms with E-state index in [0.29, 0.717) is 5.92 Å². The molecule has 0 heterocycles. The maximum atomic E-state index is 6.36. The molecule has 0 amide bonds. The van der Waals surface area contributed by atoms with Gasteiger partial charge in [-0.05, 0) is 61.3 Å². The summed E-state index contributed by atoms with van der Waals surface area (Å²) in [6, 6.07) is 4.34.